The molecule has 0 aliphatic rings. The number of alkyl halides is 3. The van der Waals surface area contributed by atoms with Crippen LogP contribution in [-0.4, -0.2) is 24.7 Å². The number of anilines is 2. The minimum atomic E-state index is -4.84. The number of ether oxygens (including phenoxy) is 1. The summed E-state index contributed by atoms with van der Waals surface area (Å²) in [4.78, 5) is 26.9. The summed E-state index contributed by atoms with van der Waals surface area (Å²) in [5, 5.41) is 3.20. The highest BCUT2D eigenvalue weighted by molar-refractivity contribution is 6.42. The third-order valence-corrected chi connectivity index (χ3v) is 4.89. The molecule has 0 spiro atoms. The lowest BCUT2D eigenvalue weighted by Gasteiger charge is -2.22. The average Bonchev–Trinajstić information content (AvgIpc) is 2.74. The van der Waals surface area contributed by atoms with Gasteiger partial charge in [0.25, 0.3) is 5.91 Å². The maximum Gasteiger partial charge on any atom is 0.573 e. The van der Waals surface area contributed by atoms with Crippen molar-refractivity contribution >= 4 is 46.4 Å². The van der Waals surface area contributed by atoms with E-state index in [-0.39, 0.29) is 17.1 Å². The number of amides is 2. The summed E-state index contributed by atoms with van der Waals surface area (Å²) in [5.41, 5.74) is 0.890. The molecule has 0 radical (unpaired) electrons. The van der Waals surface area contributed by atoms with E-state index in [4.69, 9.17) is 23.2 Å². The number of para-hydroxylation sites is 1. The largest absolute Gasteiger partial charge is 0.573 e. The Hall–Kier alpha value is -3.23. The van der Waals surface area contributed by atoms with Crippen LogP contribution in [0.2, 0.25) is 10.0 Å². The van der Waals surface area contributed by atoms with Crippen molar-refractivity contribution in [2.75, 3.05) is 16.8 Å². The lowest BCUT2D eigenvalue weighted by Crippen LogP contribution is -2.38. The molecule has 0 aromatic heterocycles. The van der Waals surface area contributed by atoms with Crippen molar-refractivity contribution in [2.45, 2.75) is 6.36 Å². The summed E-state index contributed by atoms with van der Waals surface area (Å²) in [5.74, 6) is -1.56. The van der Waals surface area contributed by atoms with E-state index in [2.05, 4.69) is 10.1 Å². The summed E-state index contributed by atoms with van der Waals surface area (Å²) in [6, 6.07) is 17.4. The molecule has 0 aliphatic heterocycles. The first-order valence-corrected chi connectivity index (χ1v) is 9.85. The van der Waals surface area contributed by atoms with E-state index in [1.54, 1.807) is 36.4 Å². The predicted molar refractivity (Wildman–Crippen MR) is 116 cm³/mol. The molecule has 0 heterocycles. The minimum absolute atomic E-state index is 0.0747. The fourth-order valence-corrected chi connectivity index (χ4v) is 3.06. The second kappa shape index (κ2) is 9.93. The average molecular weight is 483 g/mol. The molecular formula is C22H15Cl2F3N2O3. The van der Waals surface area contributed by atoms with Crippen LogP contribution in [-0.2, 0) is 4.79 Å². The first-order valence-electron chi connectivity index (χ1n) is 9.10. The molecule has 3 aromatic carbocycles. The number of benzene rings is 3. The Labute approximate surface area is 191 Å². The minimum Gasteiger partial charge on any atom is -0.406 e. The van der Waals surface area contributed by atoms with Gasteiger partial charge in [-0.25, -0.2) is 0 Å². The Bertz CT molecular complexity index is 1110. The van der Waals surface area contributed by atoms with Gasteiger partial charge in [0.1, 0.15) is 12.3 Å². The van der Waals surface area contributed by atoms with Crippen LogP contribution in [0.5, 0.6) is 5.75 Å². The monoisotopic (exact) mass is 482 g/mol. The molecule has 5 nitrogen and oxygen atoms in total. The number of hydrogen-bond donors (Lipinski definition) is 1. The molecule has 0 atom stereocenters. The van der Waals surface area contributed by atoms with Crippen molar-refractivity contribution < 1.29 is 27.5 Å². The summed E-state index contributed by atoms with van der Waals surface area (Å²) >= 11 is 11.8. The zero-order valence-corrected chi connectivity index (χ0v) is 17.7. The molecule has 10 heteroatoms. The Kier molecular flexibility index (Phi) is 7.27. The van der Waals surface area contributed by atoms with Crippen molar-refractivity contribution in [2.24, 2.45) is 0 Å². The van der Waals surface area contributed by atoms with E-state index in [1.807, 2.05) is 0 Å². The van der Waals surface area contributed by atoms with Crippen LogP contribution < -0.4 is 15.0 Å². The van der Waals surface area contributed by atoms with Gasteiger partial charge in [-0.05, 0) is 54.6 Å². The molecule has 2 amide bonds. The van der Waals surface area contributed by atoms with Gasteiger partial charge >= 0.3 is 6.36 Å². The lowest BCUT2D eigenvalue weighted by molar-refractivity contribution is -0.274. The van der Waals surface area contributed by atoms with Crippen LogP contribution in [0, 0.1) is 0 Å². The van der Waals surface area contributed by atoms with Gasteiger partial charge in [0.15, 0.2) is 0 Å². The number of carbonyl (C=O) groups is 2. The molecule has 0 saturated carbocycles. The molecular weight excluding hydrogens is 468 g/mol. The van der Waals surface area contributed by atoms with Crippen LogP contribution in [0.1, 0.15) is 10.4 Å². The molecule has 0 unspecified atom stereocenters. The Morgan fingerprint density at radius 3 is 2.16 bits per heavy atom. The normalized spacial score (nSPS) is 11.0. The zero-order valence-electron chi connectivity index (χ0n) is 16.2. The van der Waals surface area contributed by atoms with E-state index in [1.165, 1.54) is 29.2 Å². The quantitative estimate of drug-likeness (QED) is 0.456. The third kappa shape index (κ3) is 6.38. The fraction of sp³-hybridized carbons (Fsp3) is 0.0909. The standard InChI is InChI=1S/C22H15Cl2F3N2O3/c23-18-11-8-15(12-19(18)24)28-20(30)13-29(16-4-2-1-3-5-16)21(31)14-6-9-17(10-7-14)32-22(25,26)27/h1-12H,13H2,(H,28,30). The first-order chi connectivity index (χ1) is 15.1. The highest BCUT2D eigenvalue weighted by Gasteiger charge is 2.31. The van der Waals surface area contributed by atoms with Gasteiger partial charge < -0.3 is 10.1 Å². The first kappa shape index (κ1) is 23.4. The maximum absolute atomic E-state index is 13.1. The number of halogens is 5. The molecule has 0 aliphatic carbocycles. The SMILES string of the molecule is O=C(CN(C(=O)c1ccc(OC(F)(F)F)cc1)c1ccccc1)Nc1ccc(Cl)c(Cl)c1. The highest BCUT2D eigenvalue weighted by Crippen LogP contribution is 2.26. The van der Waals surface area contributed by atoms with Crippen molar-refractivity contribution in [3.63, 3.8) is 0 Å². The van der Waals surface area contributed by atoms with Crippen LogP contribution >= 0.6 is 23.2 Å². The predicted octanol–water partition coefficient (Wildman–Crippen LogP) is 6.18. The lowest BCUT2D eigenvalue weighted by atomic mass is 10.1. The van der Waals surface area contributed by atoms with E-state index in [0.717, 1.165) is 12.1 Å². The molecule has 3 rings (SSSR count). The highest BCUT2D eigenvalue weighted by atomic mass is 35.5. The molecule has 1 N–H and O–H groups in total. The smallest absolute Gasteiger partial charge is 0.406 e. The van der Waals surface area contributed by atoms with E-state index >= 15 is 0 Å². The van der Waals surface area contributed by atoms with Crippen molar-refractivity contribution in [1.29, 1.82) is 0 Å². The second-order valence-electron chi connectivity index (χ2n) is 6.48. The van der Waals surface area contributed by atoms with Gasteiger partial charge in [-0.15, -0.1) is 13.2 Å². The topological polar surface area (TPSA) is 58.6 Å². The van der Waals surface area contributed by atoms with Crippen molar-refractivity contribution in [3.8, 4) is 5.75 Å². The molecule has 166 valence electrons. The summed E-state index contributed by atoms with van der Waals surface area (Å²) in [6.45, 7) is -0.357. The molecule has 32 heavy (non-hydrogen) atoms. The van der Waals surface area contributed by atoms with Gasteiger partial charge in [0.05, 0.1) is 10.0 Å². The number of carbonyl (C=O) groups excluding carboxylic acids is 2. The Balaban J connectivity index is 1.80. The van der Waals surface area contributed by atoms with Crippen LogP contribution in [0.3, 0.4) is 0 Å². The molecule has 0 saturated heterocycles. The fourth-order valence-electron chi connectivity index (χ4n) is 2.76. The number of nitrogens with one attached hydrogen (secondary N) is 1. The van der Waals surface area contributed by atoms with Gasteiger partial charge in [-0.3, -0.25) is 14.5 Å². The van der Waals surface area contributed by atoms with Crippen molar-refractivity contribution in [3.05, 3.63) is 88.4 Å². The van der Waals surface area contributed by atoms with Gasteiger partial charge in [-0.2, -0.15) is 0 Å². The zero-order chi connectivity index (χ0) is 23.3. The summed E-state index contributed by atoms with van der Waals surface area (Å²) in [7, 11) is 0. The Morgan fingerprint density at radius 1 is 0.906 bits per heavy atom. The summed E-state index contributed by atoms with van der Waals surface area (Å²) < 4.78 is 40.9. The van der Waals surface area contributed by atoms with Crippen LogP contribution in [0.25, 0.3) is 0 Å². The summed E-state index contributed by atoms with van der Waals surface area (Å²) in [6.07, 6.45) is -4.84. The Morgan fingerprint density at radius 2 is 1.56 bits per heavy atom. The molecule has 0 bridgehead atoms. The molecule has 0 fully saturated rings. The van der Waals surface area contributed by atoms with E-state index in [0.29, 0.717) is 16.4 Å². The van der Waals surface area contributed by atoms with Gasteiger partial charge in [0, 0.05) is 16.9 Å². The number of hydrogen-bond acceptors (Lipinski definition) is 3. The third-order valence-electron chi connectivity index (χ3n) is 4.15. The number of rotatable bonds is 6. The van der Waals surface area contributed by atoms with E-state index < -0.39 is 23.9 Å². The van der Waals surface area contributed by atoms with Gasteiger partial charge in [-0.1, -0.05) is 41.4 Å². The van der Waals surface area contributed by atoms with Crippen molar-refractivity contribution in [1.82, 2.24) is 0 Å². The number of nitrogens with zero attached hydrogens (tertiary/aromatic N) is 1. The van der Waals surface area contributed by atoms with Crippen LogP contribution in [0.15, 0.2) is 72.8 Å². The van der Waals surface area contributed by atoms with E-state index in [9.17, 15) is 22.8 Å². The van der Waals surface area contributed by atoms with Crippen LogP contribution in [0.4, 0.5) is 24.5 Å². The van der Waals surface area contributed by atoms with Gasteiger partial charge in [0.2, 0.25) is 5.91 Å². The molecule has 3 aromatic rings. The maximum atomic E-state index is 13.1. The second-order valence-corrected chi connectivity index (χ2v) is 7.29.